The van der Waals surface area contributed by atoms with Crippen LogP contribution in [0.4, 0.5) is 0 Å². The molecule has 0 saturated carbocycles. The summed E-state index contributed by atoms with van der Waals surface area (Å²) in [6.45, 7) is 4.77. The zero-order valence-corrected chi connectivity index (χ0v) is 15.1. The first-order valence-electron chi connectivity index (χ1n) is 8.87. The minimum Gasteiger partial charge on any atom is -0.352 e. The summed E-state index contributed by atoms with van der Waals surface area (Å²) < 4.78 is 0. The normalized spacial score (nSPS) is 11.0. The number of amides is 1. The molecule has 26 heavy (non-hydrogen) atoms. The summed E-state index contributed by atoms with van der Waals surface area (Å²) in [6.07, 6.45) is 0.552. The quantitative estimate of drug-likeness (QED) is 0.717. The molecule has 1 amide bonds. The van der Waals surface area contributed by atoms with Crippen LogP contribution in [-0.4, -0.2) is 15.9 Å². The van der Waals surface area contributed by atoms with Crippen LogP contribution in [-0.2, 0) is 17.8 Å². The largest absolute Gasteiger partial charge is 0.352 e. The van der Waals surface area contributed by atoms with Crippen LogP contribution in [0.3, 0.4) is 0 Å². The summed E-state index contributed by atoms with van der Waals surface area (Å²) in [5, 5.41) is 2.94. The number of benzene rings is 2. The molecule has 2 aromatic carbocycles. The van der Waals surface area contributed by atoms with E-state index in [1.54, 1.807) is 0 Å². The fourth-order valence-electron chi connectivity index (χ4n) is 3.01. The highest BCUT2D eigenvalue weighted by atomic mass is 16.1. The zero-order valence-electron chi connectivity index (χ0n) is 15.1. The zero-order chi connectivity index (χ0) is 18.5. The Morgan fingerprint density at radius 3 is 2.65 bits per heavy atom. The lowest BCUT2D eigenvalue weighted by molar-refractivity contribution is -0.121. The molecule has 0 unspecified atom stereocenters. The number of para-hydroxylation sites is 2. The van der Waals surface area contributed by atoms with E-state index in [4.69, 9.17) is 0 Å². The number of aromatic nitrogens is 2. The van der Waals surface area contributed by atoms with Crippen molar-refractivity contribution in [1.29, 1.82) is 0 Å². The van der Waals surface area contributed by atoms with E-state index in [1.165, 1.54) is 5.56 Å². The predicted molar refractivity (Wildman–Crippen MR) is 103 cm³/mol. The first-order valence-corrected chi connectivity index (χ1v) is 8.87. The highest BCUT2D eigenvalue weighted by Crippen LogP contribution is 2.18. The summed E-state index contributed by atoms with van der Waals surface area (Å²) in [4.78, 5) is 31.5. The van der Waals surface area contributed by atoms with Gasteiger partial charge in [0.25, 0.3) is 5.56 Å². The number of carbonyl (C=O) groups excluding carboxylic acids is 1. The van der Waals surface area contributed by atoms with Crippen LogP contribution in [0.1, 0.15) is 43.0 Å². The number of nitrogens with zero attached hydrogens (tertiary/aromatic N) is 1. The molecule has 0 aliphatic heterocycles. The van der Waals surface area contributed by atoms with E-state index in [-0.39, 0.29) is 17.9 Å². The smallest absolute Gasteiger partial charge is 0.270 e. The molecule has 0 spiro atoms. The van der Waals surface area contributed by atoms with Crippen LogP contribution in [0.2, 0.25) is 0 Å². The van der Waals surface area contributed by atoms with Crippen LogP contribution in [0.5, 0.6) is 0 Å². The molecule has 5 heteroatoms. The van der Waals surface area contributed by atoms with Gasteiger partial charge in [0.05, 0.1) is 11.0 Å². The van der Waals surface area contributed by atoms with Gasteiger partial charge in [0.15, 0.2) is 0 Å². The molecular weight excluding hydrogens is 326 g/mol. The lowest BCUT2D eigenvalue weighted by Crippen LogP contribution is -2.25. The Balaban J connectivity index is 1.61. The van der Waals surface area contributed by atoms with Crippen molar-refractivity contribution in [2.75, 3.05) is 0 Å². The third-order valence-electron chi connectivity index (χ3n) is 4.41. The molecule has 0 radical (unpaired) electrons. The number of fused-ring (bicyclic) bond motifs is 1. The molecule has 1 heterocycles. The second-order valence-corrected chi connectivity index (χ2v) is 6.66. The molecular formula is C21H23N3O2. The fourth-order valence-corrected chi connectivity index (χ4v) is 3.01. The molecule has 134 valence electrons. The van der Waals surface area contributed by atoms with Crippen LogP contribution in [0.25, 0.3) is 11.0 Å². The maximum atomic E-state index is 12.2. The van der Waals surface area contributed by atoms with E-state index in [1.807, 2.05) is 42.5 Å². The number of aromatic amines is 1. The summed E-state index contributed by atoms with van der Waals surface area (Å²) in [5.41, 5.74) is 3.95. The number of carbonyl (C=O) groups is 1. The van der Waals surface area contributed by atoms with Gasteiger partial charge in [-0.2, -0.15) is 0 Å². The van der Waals surface area contributed by atoms with Gasteiger partial charge in [-0.05, 0) is 29.2 Å². The summed E-state index contributed by atoms with van der Waals surface area (Å²) >= 11 is 0. The van der Waals surface area contributed by atoms with Crippen molar-refractivity contribution in [2.24, 2.45) is 0 Å². The van der Waals surface area contributed by atoms with Crippen LogP contribution < -0.4 is 10.9 Å². The van der Waals surface area contributed by atoms with Gasteiger partial charge in [-0.25, -0.2) is 4.98 Å². The molecule has 0 aliphatic rings. The van der Waals surface area contributed by atoms with Crippen molar-refractivity contribution in [3.05, 3.63) is 75.7 Å². The maximum Gasteiger partial charge on any atom is 0.270 e. The van der Waals surface area contributed by atoms with E-state index < -0.39 is 0 Å². The Morgan fingerprint density at radius 1 is 1.12 bits per heavy atom. The number of H-pyrrole nitrogens is 1. The Labute approximate surface area is 152 Å². The van der Waals surface area contributed by atoms with Crippen molar-refractivity contribution in [2.45, 2.75) is 39.2 Å². The van der Waals surface area contributed by atoms with E-state index in [2.05, 4.69) is 35.2 Å². The summed E-state index contributed by atoms with van der Waals surface area (Å²) in [7, 11) is 0. The number of rotatable bonds is 6. The van der Waals surface area contributed by atoms with Gasteiger partial charge < -0.3 is 10.3 Å². The average molecular weight is 349 g/mol. The topological polar surface area (TPSA) is 74.8 Å². The monoisotopic (exact) mass is 349 g/mol. The minimum atomic E-state index is -0.235. The van der Waals surface area contributed by atoms with Crippen LogP contribution in [0, 0.1) is 0 Å². The number of nitrogens with one attached hydrogen (secondary N) is 2. The molecule has 5 nitrogen and oxygen atoms in total. The van der Waals surface area contributed by atoms with Gasteiger partial charge in [-0.15, -0.1) is 0 Å². The lowest BCUT2D eigenvalue weighted by atomic mass is 9.97. The molecule has 0 aliphatic carbocycles. The Bertz CT molecular complexity index is 976. The Hall–Kier alpha value is -2.95. The molecule has 0 atom stereocenters. The predicted octanol–water partition coefficient (Wildman–Crippen LogP) is 3.30. The van der Waals surface area contributed by atoms with Gasteiger partial charge in [0, 0.05) is 19.4 Å². The summed E-state index contributed by atoms with van der Waals surface area (Å²) in [6, 6.07) is 15.5. The van der Waals surface area contributed by atoms with Crippen LogP contribution in [0.15, 0.2) is 53.3 Å². The molecule has 0 saturated heterocycles. The third-order valence-corrected chi connectivity index (χ3v) is 4.41. The van der Waals surface area contributed by atoms with Crippen molar-refractivity contribution >= 4 is 16.9 Å². The number of hydrogen-bond donors (Lipinski definition) is 2. The van der Waals surface area contributed by atoms with Gasteiger partial charge in [-0.1, -0.05) is 50.2 Å². The van der Waals surface area contributed by atoms with Crippen molar-refractivity contribution < 1.29 is 4.79 Å². The third kappa shape index (κ3) is 4.17. The van der Waals surface area contributed by atoms with E-state index in [9.17, 15) is 9.59 Å². The minimum absolute atomic E-state index is 0.0853. The van der Waals surface area contributed by atoms with E-state index in [0.29, 0.717) is 30.1 Å². The average Bonchev–Trinajstić information content (AvgIpc) is 2.64. The van der Waals surface area contributed by atoms with Crippen LogP contribution >= 0.6 is 0 Å². The van der Waals surface area contributed by atoms with E-state index >= 15 is 0 Å². The molecule has 2 N–H and O–H groups in total. The number of hydrogen-bond acceptors (Lipinski definition) is 3. The van der Waals surface area contributed by atoms with Gasteiger partial charge in [0.2, 0.25) is 5.91 Å². The van der Waals surface area contributed by atoms with Crippen molar-refractivity contribution in [3.8, 4) is 0 Å². The maximum absolute atomic E-state index is 12.2. The Morgan fingerprint density at radius 2 is 1.85 bits per heavy atom. The van der Waals surface area contributed by atoms with Crippen molar-refractivity contribution in [1.82, 2.24) is 15.3 Å². The molecule has 0 bridgehead atoms. The van der Waals surface area contributed by atoms with E-state index in [0.717, 1.165) is 11.1 Å². The fraction of sp³-hybridized carbons (Fsp3) is 0.286. The highest BCUT2D eigenvalue weighted by molar-refractivity contribution is 5.76. The van der Waals surface area contributed by atoms with Crippen molar-refractivity contribution in [3.63, 3.8) is 0 Å². The standard InChI is InChI=1S/C21H23N3O2/c1-14(2)16-8-4-3-7-15(16)13-22-20(25)12-11-19-21(26)24-18-10-6-5-9-17(18)23-19/h3-10,14H,11-13H2,1-2H3,(H,22,25)(H,24,26). The molecule has 0 fully saturated rings. The molecule has 1 aromatic heterocycles. The molecule has 3 aromatic rings. The van der Waals surface area contributed by atoms with Gasteiger partial charge in [0.1, 0.15) is 5.69 Å². The first-order chi connectivity index (χ1) is 12.5. The second-order valence-electron chi connectivity index (χ2n) is 6.66. The van der Waals surface area contributed by atoms with Gasteiger partial charge >= 0.3 is 0 Å². The van der Waals surface area contributed by atoms with Gasteiger partial charge in [-0.3, -0.25) is 9.59 Å². The molecule has 3 rings (SSSR count). The second kappa shape index (κ2) is 7.95. The lowest BCUT2D eigenvalue weighted by Gasteiger charge is -2.13. The first kappa shape index (κ1) is 17.9. The highest BCUT2D eigenvalue weighted by Gasteiger charge is 2.10. The Kier molecular flexibility index (Phi) is 5.46. The number of aryl methyl sites for hydroxylation is 1. The summed E-state index contributed by atoms with van der Waals surface area (Å²) in [5.74, 6) is 0.321. The SMILES string of the molecule is CC(C)c1ccccc1CNC(=O)CCc1nc2ccccc2[nH]c1=O.